The van der Waals surface area contributed by atoms with Crippen molar-refractivity contribution >= 4 is 27.5 Å². The van der Waals surface area contributed by atoms with Crippen LogP contribution >= 0.6 is 0 Å². The van der Waals surface area contributed by atoms with Crippen LogP contribution in [0.5, 0.6) is 5.75 Å². The van der Waals surface area contributed by atoms with E-state index in [4.69, 9.17) is 4.74 Å². The lowest BCUT2D eigenvalue weighted by Crippen LogP contribution is -2.47. The summed E-state index contributed by atoms with van der Waals surface area (Å²) in [5.74, 6) is -0.373. The zero-order valence-electron chi connectivity index (χ0n) is 16.5. The first-order valence-corrected chi connectivity index (χ1v) is 10.2. The van der Waals surface area contributed by atoms with Gasteiger partial charge in [0.25, 0.3) is 5.91 Å². The Labute approximate surface area is 160 Å². The molecule has 9 heteroatoms. The lowest BCUT2D eigenvalue weighted by Gasteiger charge is -2.27. The third kappa shape index (κ3) is 4.59. The van der Waals surface area contributed by atoms with Gasteiger partial charge in [0.05, 0.1) is 17.1 Å². The molecular weight excluding hydrogens is 370 g/mol. The van der Waals surface area contributed by atoms with Gasteiger partial charge in [0.2, 0.25) is 15.9 Å². The van der Waals surface area contributed by atoms with Crippen LogP contribution in [0.3, 0.4) is 0 Å². The SMILES string of the molecule is CCC(C)(C)NC(=O)CN(C)S(=O)(=O)c1cc2c(cc1C)NC(=O)C(C)O2. The number of sulfonamides is 1. The number of ether oxygens (including phenoxy) is 1. The number of aryl methyl sites for hydroxylation is 1. The molecule has 1 aliphatic heterocycles. The number of carbonyl (C=O) groups is 2. The third-order valence-corrected chi connectivity index (χ3v) is 6.57. The van der Waals surface area contributed by atoms with Crippen molar-refractivity contribution in [1.82, 2.24) is 9.62 Å². The number of amides is 2. The van der Waals surface area contributed by atoms with E-state index in [2.05, 4.69) is 10.6 Å². The van der Waals surface area contributed by atoms with Gasteiger partial charge in [0.1, 0.15) is 5.75 Å². The highest BCUT2D eigenvalue weighted by Crippen LogP contribution is 2.35. The molecule has 0 saturated heterocycles. The van der Waals surface area contributed by atoms with Gasteiger partial charge in [0, 0.05) is 18.7 Å². The van der Waals surface area contributed by atoms with Crippen LogP contribution in [0.15, 0.2) is 17.0 Å². The van der Waals surface area contributed by atoms with Gasteiger partial charge in [-0.15, -0.1) is 0 Å². The molecule has 1 aromatic carbocycles. The average molecular weight is 397 g/mol. The molecule has 2 amide bonds. The molecule has 27 heavy (non-hydrogen) atoms. The van der Waals surface area contributed by atoms with Gasteiger partial charge in [-0.1, -0.05) is 6.92 Å². The Kier molecular flexibility index (Phi) is 5.86. The largest absolute Gasteiger partial charge is 0.479 e. The van der Waals surface area contributed by atoms with E-state index in [-0.39, 0.29) is 29.0 Å². The van der Waals surface area contributed by atoms with E-state index in [0.717, 1.165) is 10.7 Å². The number of nitrogens with one attached hydrogen (secondary N) is 2. The number of fused-ring (bicyclic) bond motifs is 1. The average Bonchev–Trinajstić information content (AvgIpc) is 2.55. The Morgan fingerprint density at radius 2 is 2.00 bits per heavy atom. The number of hydrogen-bond donors (Lipinski definition) is 2. The van der Waals surface area contributed by atoms with Crippen LogP contribution in [-0.4, -0.2) is 49.8 Å². The molecule has 0 radical (unpaired) electrons. The summed E-state index contributed by atoms with van der Waals surface area (Å²) < 4.78 is 32.4. The summed E-state index contributed by atoms with van der Waals surface area (Å²) in [6.07, 6.45) is 0.0101. The molecule has 1 atom stereocenters. The Morgan fingerprint density at radius 3 is 2.59 bits per heavy atom. The standard InChI is InChI=1S/C18H27N3O5S/c1-7-18(4,5)20-16(22)10-21(6)27(24,25)15-9-14-13(8-11(15)2)19-17(23)12(3)26-14/h8-9,12H,7,10H2,1-6H3,(H,19,23)(H,20,22). The van der Waals surface area contributed by atoms with E-state index >= 15 is 0 Å². The van der Waals surface area contributed by atoms with Crippen molar-refractivity contribution in [3.63, 3.8) is 0 Å². The van der Waals surface area contributed by atoms with Crippen molar-refractivity contribution in [3.05, 3.63) is 17.7 Å². The maximum atomic E-state index is 13.0. The smallest absolute Gasteiger partial charge is 0.265 e. The van der Waals surface area contributed by atoms with E-state index in [1.54, 1.807) is 19.9 Å². The van der Waals surface area contributed by atoms with Crippen LogP contribution in [0.2, 0.25) is 0 Å². The van der Waals surface area contributed by atoms with E-state index < -0.39 is 21.7 Å². The number of benzene rings is 1. The minimum atomic E-state index is -3.91. The monoisotopic (exact) mass is 397 g/mol. The second-order valence-corrected chi connectivity index (χ2v) is 9.42. The topological polar surface area (TPSA) is 105 Å². The van der Waals surface area contributed by atoms with Crippen molar-refractivity contribution in [2.75, 3.05) is 18.9 Å². The minimum Gasteiger partial charge on any atom is -0.479 e. The van der Waals surface area contributed by atoms with Crippen LogP contribution in [0.25, 0.3) is 0 Å². The summed E-state index contributed by atoms with van der Waals surface area (Å²) in [5.41, 5.74) is 0.471. The normalized spacial score (nSPS) is 17.1. The fourth-order valence-electron chi connectivity index (χ4n) is 2.58. The van der Waals surface area contributed by atoms with Crippen molar-refractivity contribution in [2.24, 2.45) is 0 Å². The van der Waals surface area contributed by atoms with E-state index in [1.807, 2.05) is 20.8 Å². The molecule has 2 N–H and O–H groups in total. The van der Waals surface area contributed by atoms with Crippen molar-refractivity contribution in [2.45, 2.75) is 57.6 Å². The fourth-order valence-corrected chi connectivity index (χ4v) is 3.93. The van der Waals surface area contributed by atoms with Crippen LogP contribution in [0, 0.1) is 6.92 Å². The summed E-state index contributed by atoms with van der Waals surface area (Å²) >= 11 is 0. The predicted molar refractivity (Wildman–Crippen MR) is 102 cm³/mol. The lowest BCUT2D eigenvalue weighted by atomic mass is 10.0. The summed E-state index contributed by atoms with van der Waals surface area (Å²) in [7, 11) is -2.55. The molecule has 1 aliphatic rings. The van der Waals surface area contributed by atoms with Gasteiger partial charge in [-0.2, -0.15) is 4.31 Å². The highest BCUT2D eigenvalue weighted by Gasteiger charge is 2.30. The van der Waals surface area contributed by atoms with Gasteiger partial charge < -0.3 is 15.4 Å². The quantitative estimate of drug-likeness (QED) is 0.759. The number of rotatable bonds is 6. The van der Waals surface area contributed by atoms with Gasteiger partial charge in [0.15, 0.2) is 6.10 Å². The van der Waals surface area contributed by atoms with Crippen LogP contribution in [0.4, 0.5) is 5.69 Å². The van der Waals surface area contributed by atoms with Crippen LogP contribution in [0.1, 0.15) is 39.7 Å². The number of carbonyl (C=O) groups excluding carboxylic acids is 2. The Morgan fingerprint density at radius 1 is 1.37 bits per heavy atom. The summed E-state index contributed by atoms with van der Waals surface area (Å²) in [5, 5.41) is 5.50. The van der Waals surface area contributed by atoms with Crippen molar-refractivity contribution in [3.8, 4) is 5.75 Å². The summed E-state index contributed by atoms with van der Waals surface area (Å²) in [6, 6.07) is 2.94. The molecule has 1 unspecified atom stereocenters. The van der Waals surface area contributed by atoms with Gasteiger partial charge >= 0.3 is 0 Å². The molecule has 150 valence electrons. The Hall–Kier alpha value is -2.13. The molecule has 0 bridgehead atoms. The van der Waals surface area contributed by atoms with Crippen molar-refractivity contribution < 1.29 is 22.7 Å². The number of nitrogens with zero attached hydrogens (tertiary/aromatic N) is 1. The molecule has 1 heterocycles. The third-order valence-electron chi connectivity index (χ3n) is 4.62. The molecule has 0 aliphatic carbocycles. The van der Waals surface area contributed by atoms with E-state index in [0.29, 0.717) is 11.3 Å². The maximum absolute atomic E-state index is 13.0. The molecule has 8 nitrogen and oxygen atoms in total. The maximum Gasteiger partial charge on any atom is 0.265 e. The van der Waals surface area contributed by atoms with E-state index in [9.17, 15) is 18.0 Å². The molecule has 2 rings (SSSR count). The first-order valence-electron chi connectivity index (χ1n) is 8.77. The van der Waals surface area contributed by atoms with Crippen LogP contribution in [-0.2, 0) is 19.6 Å². The zero-order valence-corrected chi connectivity index (χ0v) is 17.4. The fraction of sp³-hybridized carbons (Fsp3) is 0.556. The Bertz CT molecular complexity index is 864. The first kappa shape index (κ1) is 21.2. The highest BCUT2D eigenvalue weighted by molar-refractivity contribution is 7.89. The molecule has 0 aromatic heterocycles. The minimum absolute atomic E-state index is 0.0367. The lowest BCUT2D eigenvalue weighted by molar-refractivity contribution is -0.123. The van der Waals surface area contributed by atoms with Gasteiger partial charge in [-0.05, 0) is 45.7 Å². The molecule has 1 aromatic rings. The predicted octanol–water partition coefficient (Wildman–Crippen LogP) is 1.64. The van der Waals surface area contributed by atoms with Gasteiger partial charge in [-0.25, -0.2) is 8.42 Å². The number of likely N-dealkylation sites (N-methyl/N-ethyl adjacent to an activating group) is 1. The molecule has 0 saturated carbocycles. The zero-order chi connectivity index (χ0) is 20.6. The van der Waals surface area contributed by atoms with Crippen LogP contribution < -0.4 is 15.4 Å². The van der Waals surface area contributed by atoms with E-state index in [1.165, 1.54) is 13.1 Å². The van der Waals surface area contributed by atoms with Crippen molar-refractivity contribution in [1.29, 1.82) is 0 Å². The second kappa shape index (κ2) is 7.47. The second-order valence-electron chi connectivity index (χ2n) is 7.41. The summed E-state index contributed by atoms with van der Waals surface area (Å²) in [6.45, 7) is 8.61. The molecule has 0 fully saturated rings. The summed E-state index contributed by atoms with van der Waals surface area (Å²) in [4.78, 5) is 24.0. The first-order chi connectivity index (χ1) is 12.4. The van der Waals surface area contributed by atoms with Gasteiger partial charge in [-0.3, -0.25) is 9.59 Å². The molecular formula is C18H27N3O5S. The number of hydrogen-bond acceptors (Lipinski definition) is 5. The highest BCUT2D eigenvalue weighted by atomic mass is 32.2. The Balaban J connectivity index is 2.27. The molecule has 0 spiro atoms. The number of anilines is 1.